The first-order valence-corrected chi connectivity index (χ1v) is 8.18. The van der Waals surface area contributed by atoms with E-state index in [1.165, 1.54) is 0 Å². The summed E-state index contributed by atoms with van der Waals surface area (Å²) in [5.41, 5.74) is 0.796. The van der Waals surface area contributed by atoms with E-state index in [0.717, 1.165) is 16.3 Å². The summed E-state index contributed by atoms with van der Waals surface area (Å²) >= 11 is 0. The molecular formula is C16H21NaO3S. The van der Waals surface area contributed by atoms with Gasteiger partial charge in [0, 0.05) is 5.39 Å². The zero-order chi connectivity index (χ0) is 14.9. The average molecular weight is 316 g/mol. The van der Waals surface area contributed by atoms with E-state index in [2.05, 4.69) is 0 Å². The number of fused-ring (bicyclic) bond motifs is 1. The SMILES string of the molecule is CC(C)OS(=O)(=O)c1c(C(C)C)ccc2ccccc12.[H-].[Na+]. The molecule has 0 atom stereocenters. The first-order valence-electron chi connectivity index (χ1n) is 6.78. The van der Waals surface area contributed by atoms with Crippen LogP contribution in [0.5, 0.6) is 0 Å². The molecule has 0 aromatic heterocycles. The van der Waals surface area contributed by atoms with Gasteiger partial charge in [0.05, 0.1) is 6.10 Å². The van der Waals surface area contributed by atoms with Gasteiger partial charge >= 0.3 is 29.6 Å². The quantitative estimate of drug-likeness (QED) is 0.629. The van der Waals surface area contributed by atoms with Crippen LogP contribution >= 0.6 is 0 Å². The summed E-state index contributed by atoms with van der Waals surface area (Å²) in [4.78, 5) is 0.305. The zero-order valence-corrected chi connectivity index (χ0v) is 16.1. The van der Waals surface area contributed by atoms with Crippen LogP contribution in [0.25, 0.3) is 10.8 Å². The van der Waals surface area contributed by atoms with E-state index in [1.54, 1.807) is 13.8 Å². The second kappa shape index (κ2) is 7.25. The van der Waals surface area contributed by atoms with Gasteiger partial charge in [-0.2, -0.15) is 8.42 Å². The molecular weight excluding hydrogens is 295 g/mol. The van der Waals surface area contributed by atoms with Crippen molar-refractivity contribution in [2.75, 3.05) is 0 Å². The summed E-state index contributed by atoms with van der Waals surface area (Å²) in [6.45, 7) is 7.41. The number of hydrogen-bond acceptors (Lipinski definition) is 3. The first kappa shape index (κ1) is 18.7. The molecule has 0 fully saturated rings. The molecule has 0 aliphatic heterocycles. The molecule has 0 bridgehead atoms. The maximum atomic E-state index is 12.6. The van der Waals surface area contributed by atoms with E-state index >= 15 is 0 Å². The monoisotopic (exact) mass is 316 g/mol. The molecule has 0 saturated carbocycles. The molecule has 0 unspecified atom stereocenters. The van der Waals surface area contributed by atoms with E-state index in [0.29, 0.717) is 4.90 Å². The Labute approximate surface area is 150 Å². The summed E-state index contributed by atoms with van der Waals surface area (Å²) in [6, 6.07) is 11.3. The number of benzene rings is 2. The van der Waals surface area contributed by atoms with Gasteiger partial charge in [-0.3, -0.25) is 4.18 Å². The van der Waals surface area contributed by atoms with Crippen LogP contribution < -0.4 is 29.6 Å². The molecule has 0 aliphatic carbocycles. The number of hydrogen-bond donors (Lipinski definition) is 0. The first-order chi connectivity index (χ1) is 9.33. The zero-order valence-electron chi connectivity index (χ0n) is 14.3. The molecule has 0 N–H and O–H groups in total. The third-order valence-electron chi connectivity index (χ3n) is 3.10. The van der Waals surface area contributed by atoms with Crippen LogP contribution in [-0.2, 0) is 14.3 Å². The van der Waals surface area contributed by atoms with Crippen molar-refractivity contribution in [3.8, 4) is 0 Å². The van der Waals surface area contributed by atoms with Crippen LogP contribution in [0.1, 0.15) is 40.6 Å². The van der Waals surface area contributed by atoms with Crippen molar-refractivity contribution >= 4 is 20.9 Å². The normalized spacial score (nSPS) is 11.9. The van der Waals surface area contributed by atoms with Gasteiger partial charge in [-0.05, 0) is 30.7 Å². The van der Waals surface area contributed by atoms with Crippen molar-refractivity contribution in [3.05, 3.63) is 42.0 Å². The predicted octanol–water partition coefficient (Wildman–Crippen LogP) is 1.19. The molecule has 5 heteroatoms. The Kier molecular flexibility index (Phi) is 6.44. The second-order valence-electron chi connectivity index (χ2n) is 5.46. The molecule has 0 aliphatic rings. The molecule has 0 amide bonds. The molecule has 110 valence electrons. The van der Waals surface area contributed by atoms with Crippen LogP contribution in [0.15, 0.2) is 41.3 Å². The van der Waals surface area contributed by atoms with Gasteiger partial charge in [0.1, 0.15) is 4.90 Å². The minimum Gasteiger partial charge on any atom is -1.00 e. The van der Waals surface area contributed by atoms with E-state index in [9.17, 15) is 8.42 Å². The van der Waals surface area contributed by atoms with Gasteiger partial charge in [-0.25, -0.2) is 0 Å². The van der Waals surface area contributed by atoms with Crippen molar-refractivity contribution in [1.82, 2.24) is 0 Å². The molecule has 0 saturated heterocycles. The maximum Gasteiger partial charge on any atom is 1.00 e. The third-order valence-corrected chi connectivity index (χ3v) is 4.70. The molecule has 2 aromatic carbocycles. The van der Waals surface area contributed by atoms with Crippen molar-refractivity contribution in [1.29, 1.82) is 0 Å². The topological polar surface area (TPSA) is 43.4 Å². The largest absolute Gasteiger partial charge is 1.00 e. The Bertz CT molecular complexity index is 727. The molecule has 0 spiro atoms. The van der Waals surface area contributed by atoms with Gasteiger partial charge in [-0.15, -0.1) is 0 Å². The van der Waals surface area contributed by atoms with Crippen molar-refractivity contribution < 1.29 is 43.6 Å². The Balaban J connectivity index is 0.00000220. The van der Waals surface area contributed by atoms with Crippen molar-refractivity contribution in [3.63, 3.8) is 0 Å². The Morgan fingerprint density at radius 2 is 1.62 bits per heavy atom. The smallest absolute Gasteiger partial charge is 1.00 e. The van der Waals surface area contributed by atoms with Gasteiger partial charge < -0.3 is 1.43 Å². The summed E-state index contributed by atoms with van der Waals surface area (Å²) in [6.07, 6.45) is -0.376. The standard InChI is InChI=1S/C16H20O3S.Na.H/c1-11(2)14-10-9-13-7-5-6-8-15(13)16(14)20(17,18)19-12(3)4;;/h5-12H,1-4H3;;/q;+1;-1. The van der Waals surface area contributed by atoms with Crippen LogP contribution in [0.3, 0.4) is 0 Å². The van der Waals surface area contributed by atoms with Crippen LogP contribution in [0, 0.1) is 0 Å². The van der Waals surface area contributed by atoms with Gasteiger partial charge in [0.15, 0.2) is 0 Å². The molecule has 0 radical (unpaired) electrons. The minimum absolute atomic E-state index is 0. The molecule has 0 heterocycles. The minimum atomic E-state index is -3.76. The average Bonchev–Trinajstić information content (AvgIpc) is 2.35. The molecule has 2 rings (SSSR count). The van der Waals surface area contributed by atoms with Crippen LogP contribution in [0.2, 0.25) is 0 Å². The maximum absolute atomic E-state index is 12.6. The summed E-state index contributed by atoms with van der Waals surface area (Å²) in [5.74, 6) is 0.111. The number of rotatable bonds is 4. The van der Waals surface area contributed by atoms with Gasteiger partial charge in [0.25, 0.3) is 10.1 Å². The molecule has 21 heavy (non-hydrogen) atoms. The van der Waals surface area contributed by atoms with E-state index in [1.807, 2.05) is 50.2 Å². The summed E-state index contributed by atoms with van der Waals surface area (Å²) < 4.78 is 30.3. The molecule has 2 aromatic rings. The van der Waals surface area contributed by atoms with Crippen molar-refractivity contribution in [2.24, 2.45) is 0 Å². The van der Waals surface area contributed by atoms with Crippen LogP contribution in [0.4, 0.5) is 0 Å². The Morgan fingerprint density at radius 1 is 1.00 bits per heavy atom. The predicted molar refractivity (Wildman–Crippen MR) is 82.6 cm³/mol. The fourth-order valence-electron chi connectivity index (χ4n) is 2.29. The fraction of sp³-hybridized carbons (Fsp3) is 0.375. The van der Waals surface area contributed by atoms with E-state index in [4.69, 9.17) is 4.18 Å². The van der Waals surface area contributed by atoms with Crippen LogP contribution in [-0.4, -0.2) is 14.5 Å². The van der Waals surface area contributed by atoms with E-state index < -0.39 is 10.1 Å². The molecule has 3 nitrogen and oxygen atoms in total. The second-order valence-corrected chi connectivity index (χ2v) is 6.97. The van der Waals surface area contributed by atoms with Gasteiger partial charge in [0.2, 0.25) is 0 Å². The van der Waals surface area contributed by atoms with Gasteiger partial charge in [-0.1, -0.05) is 50.2 Å². The van der Waals surface area contributed by atoms with Crippen molar-refractivity contribution in [2.45, 2.75) is 44.6 Å². The Morgan fingerprint density at radius 3 is 2.19 bits per heavy atom. The fourth-order valence-corrected chi connectivity index (χ4v) is 3.95. The Hall–Kier alpha value is -0.390. The summed E-state index contributed by atoms with van der Waals surface area (Å²) in [7, 11) is -3.76. The third kappa shape index (κ3) is 4.08. The summed E-state index contributed by atoms with van der Waals surface area (Å²) in [5, 5.41) is 1.63. The van der Waals surface area contributed by atoms with E-state index in [-0.39, 0.29) is 43.0 Å².